The van der Waals surface area contributed by atoms with Crippen molar-refractivity contribution in [3.8, 4) is 0 Å². The van der Waals surface area contributed by atoms with Gasteiger partial charge < -0.3 is 0 Å². The molecule has 0 saturated heterocycles. The fraction of sp³-hybridized carbons (Fsp3) is 0.786. The van der Waals surface area contributed by atoms with Crippen molar-refractivity contribution in [2.24, 2.45) is 11.8 Å². The van der Waals surface area contributed by atoms with Gasteiger partial charge in [0.2, 0.25) is 0 Å². The van der Waals surface area contributed by atoms with Crippen LogP contribution in [0.1, 0.15) is 58.3 Å². The van der Waals surface area contributed by atoms with Crippen LogP contribution >= 0.6 is 0 Å². The Morgan fingerprint density at radius 3 is 2.73 bits per heavy atom. The lowest BCUT2D eigenvalue weighted by Gasteiger charge is -2.28. The third-order valence-electron chi connectivity index (χ3n) is 3.95. The Balaban J connectivity index is 2.04. The minimum absolute atomic E-state index is 0.376. The number of allylic oxidation sites excluding steroid dienone is 2. The van der Waals surface area contributed by atoms with Crippen LogP contribution < -0.4 is 0 Å². The highest BCUT2D eigenvalue weighted by atomic mass is 16.1. The summed E-state index contributed by atoms with van der Waals surface area (Å²) >= 11 is 0. The Labute approximate surface area is 92.9 Å². The highest BCUT2D eigenvalue weighted by Gasteiger charge is 2.23. The molecule has 0 bridgehead atoms. The lowest BCUT2D eigenvalue weighted by Crippen LogP contribution is -2.15. The predicted molar refractivity (Wildman–Crippen MR) is 62.7 cm³/mol. The average Bonchev–Trinajstić information content (AvgIpc) is 2.43. The van der Waals surface area contributed by atoms with Gasteiger partial charge in [-0.2, -0.15) is 0 Å². The van der Waals surface area contributed by atoms with Crippen molar-refractivity contribution in [1.29, 1.82) is 0 Å². The molecule has 0 aromatic heterocycles. The van der Waals surface area contributed by atoms with Gasteiger partial charge in [0.15, 0.2) is 5.78 Å². The van der Waals surface area contributed by atoms with Crippen molar-refractivity contribution in [3.63, 3.8) is 0 Å². The Morgan fingerprint density at radius 2 is 1.93 bits per heavy atom. The van der Waals surface area contributed by atoms with Crippen LogP contribution in [0.25, 0.3) is 0 Å². The van der Waals surface area contributed by atoms with Crippen LogP contribution in [0.2, 0.25) is 0 Å². The van der Waals surface area contributed by atoms with Gasteiger partial charge in [0.05, 0.1) is 0 Å². The number of hydrogen-bond acceptors (Lipinski definition) is 1. The highest BCUT2D eigenvalue weighted by Crippen LogP contribution is 2.36. The molecular formula is C14H22O. The Morgan fingerprint density at radius 1 is 1.13 bits per heavy atom. The van der Waals surface area contributed by atoms with Crippen LogP contribution in [0.3, 0.4) is 0 Å². The molecule has 2 aliphatic carbocycles. The minimum Gasteiger partial charge on any atom is -0.295 e. The standard InChI is InChI=1S/C14H22O/c1-11-5-4-7-12(9-11)13-6-2-3-8-14(15)10-13/h10-12H,2-9H2,1H3. The molecule has 2 aliphatic rings. The summed E-state index contributed by atoms with van der Waals surface area (Å²) in [5, 5.41) is 0. The maximum atomic E-state index is 11.5. The van der Waals surface area contributed by atoms with Crippen molar-refractivity contribution in [2.45, 2.75) is 58.3 Å². The van der Waals surface area contributed by atoms with Crippen LogP contribution in [0.15, 0.2) is 11.6 Å². The van der Waals surface area contributed by atoms with Crippen LogP contribution in [0, 0.1) is 11.8 Å². The molecule has 1 nitrogen and oxygen atoms in total. The summed E-state index contributed by atoms with van der Waals surface area (Å²) in [4.78, 5) is 11.5. The second kappa shape index (κ2) is 4.96. The lowest BCUT2D eigenvalue weighted by molar-refractivity contribution is -0.114. The molecule has 0 aromatic rings. The third-order valence-corrected chi connectivity index (χ3v) is 3.95. The number of hydrogen-bond donors (Lipinski definition) is 0. The largest absolute Gasteiger partial charge is 0.295 e. The highest BCUT2D eigenvalue weighted by molar-refractivity contribution is 5.90. The molecule has 2 atom stereocenters. The van der Waals surface area contributed by atoms with Crippen molar-refractivity contribution < 1.29 is 4.79 Å². The quantitative estimate of drug-likeness (QED) is 0.636. The van der Waals surface area contributed by atoms with Gasteiger partial charge in [-0.15, -0.1) is 0 Å². The van der Waals surface area contributed by atoms with Crippen molar-refractivity contribution in [3.05, 3.63) is 11.6 Å². The number of ketones is 1. The van der Waals surface area contributed by atoms with Gasteiger partial charge in [-0.1, -0.05) is 25.3 Å². The van der Waals surface area contributed by atoms with Crippen LogP contribution in [0.5, 0.6) is 0 Å². The molecular weight excluding hydrogens is 184 g/mol. The first-order valence-electron chi connectivity index (χ1n) is 6.49. The molecule has 0 aliphatic heterocycles. The summed E-state index contributed by atoms with van der Waals surface area (Å²) in [6.07, 6.45) is 11.7. The normalized spacial score (nSPS) is 33.4. The molecule has 0 N–H and O–H groups in total. The number of carbonyl (C=O) groups is 1. The first kappa shape index (κ1) is 10.9. The zero-order chi connectivity index (χ0) is 10.7. The van der Waals surface area contributed by atoms with E-state index >= 15 is 0 Å². The Bertz CT molecular complexity index is 265. The van der Waals surface area contributed by atoms with E-state index < -0.39 is 0 Å². The maximum absolute atomic E-state index is 11.5. The molecule has 0 heterocycles. The topological polar surface area (TPSA) is 17.1 Å². The van der Waals surface area contributed by atoms with Gasteiger partial charge >= 0.3 is 0 Å². The smallest absolute Gasteiger partial charge is 0.155 e. The molecule has 0 amide bonds. The van der Waals surface area contributed by atoms with E-state index in [4.69, 9.17) is 0 Å². The molecule has 0 spiro atoms. The second-order valence-corrected chi connectivity index (χ2v) is 5.36. The van der Waals surface area contributed by atoms with E-state index in [0.29, 0.717) is 5.78 Å². The van der Waals surface area contributed by atoms with Gasteiger partial charge in [-0.05, 0) is 50.0 Å². The SMILES string of the molecule is CC1CCCC(C2=CC(=O)CCCC2)C1. The van der Waals surface area contributed by atoms with Crippen LogP contribution in [-0.4, -0.2) is 5.78 Å². The summed E-state index contributed by atoms with van der Waals surface area (Å²) in [6, 6.07) is 0. The molecule has 15 heavy (non-hydrogen) atoms. The zero-order valence-electron chi connectivity index (χ0n) is 9.80. The predicted octanol–water partition coefficient (Wildman–Crippen LogP) is 3.88. The molecule has 2 rings (SSSR count). The summed E-state index contributed by atoms with van der Waals surface area (Å²) in [6.45, 7) is 2.35. The van der Waals surface area contributed by atoms with Crippen molar-refractivity contribution in [2.75, 3.05) is 0 Å². The summed E-state index contributed by atoms with van der Waals surface area (Å²) in [5.74, 6) is 1.97. The summed E-state index contributed by atoms with van der Waals surface area (Å²) < 4.78 is 0. The minimum atomic E-state index is 0.376. The van der Waals surface area contributed by atoms with E-state index in [1.54, 1.807) is 0 Å². The number of rotatable bonds is 1. The van der Waals surface area contributed by atoms with Gasteiger partial charge in [-0.3, -0.25) is 4.79 Å². The zero-order valence-corrected chi connectivity index (χ0v) is 9.80. The van der Waals surface area contributed by atoms with Crippen LogP contribution in [0.4, 0.5) is 0 Å². The average molecular weight is 206 g/mol. The van der Waals surface area contributed by atoms with Gasteiger partial charge in [-0.25, -0.2) is 0 Å². The van der Waals surface area contributed by atoms with E-state index in [1.807, 2.05) is 6.08 Å². The van der Waals surface area contributed by atoms with E-state index in [9.17, 15) is 4.79 Å². The molecule has 2 unspecified atom stereocenters. The van der Waals surface area contributed by atoms with Gasteiger partial charge in [0.1, 0.15) is 0 Å². The van der Waals surface area contributed by atoms with Crippen LogP contribution in [-0.2, 0) is 4.79 Å². The first-order valence-corrected chi connectivity index (χ1v) is 6.49. The fourth-order valence-electron chi connectivity index (χ4n) is 3.07. The van der Waals surface area contributed by atoms with Crippen molar-refractivity contribution >= 4 is 5.78 Å². The van der Waals surface area contributed by atoms with E-state index in [-0.39, 0.29) is 0 Å². The monoisotopic (exact) mass is 206 g/mol. The second-order valence-electron chi connectivity index (χ2n) is 5.36. The summed E-state index contributed by atoms with van der Waals surface area (Å²) in [5.41, 5.74) is 1.48. The molecule has 84 valence electrons. The first-order chi connectivity index (χ1) is 7.25. The molecule has 1 fully saturated rings. The molecule has 1 heteroatoms. The number of carbonyl (C=O) groups excluding carboxylic acids is 1. The van der Waals surface area contributed by atoms with E-state index in [0.717, 1.165) is 24.7 Å². The van der Waals surface area contributed by atoms with Crippen molar-refractivity contribution in [1.82, 2.24) is 0 Å². The summed E-state index contributed by atoms with van der Waals surface area (Å²) in [7, 11) is 0. The van der Waals surface area contributed by atoms with Gasteiger partial charge in [0, 0.05) is 6.42 Å². The van der Waals surface area contributed by atoms with E-state index in [2.05, 4.69) is 6.92 Å². The Hall–Kier alpha value is -0.590. The maximum Gasteiger partial charge on any atom is 0.155 e. The molecule has 1 saturated carbocycles. The third kappa shape index (κ3) is 2.93. The Kier molecular flexibility index (Phi) is 3.61. The van der Waals surface area contributed by atoms with E-state index in [1.165, 1.54) is 44.1 Å². The lowest BCUT2D eigenvalue weighted by atomic mass is 9.77. The van der Waals surface area contributed by atoms with Gasteiger partial charge in [0.25, 0.3) is 0 Å². The molecule has 0 radical (unpaired) electrons. The fourth-order valence-corrected chi connectivity index (χ4v) is 3.07. The molecule has 0 aromatic carbocycles.